The highest BCUT2D eigenvalue weighted by Crippen LogP contribution is 2.40. The van der Waals surface area contributed by atoms with Gasteiger partial charge in [-0.15, -0.1) is 28.1 Å². The molecule has 0 saturated heterocycles. The number of thiophene rings is 1. The predicted molar refractivity (Wildman–Crippen MR) is 128 cm³/mol. The second kappa shape index (κ2) is 10.1. The summed E-state index contributed by atoms with van der Waals surface area (Å²) in [5.74, 6) is 1.39. The Bertz CT molecular complexity index is 1160. The van der Waals surface area contributed by atoms with E-state index in [0.717, 1.165) is 36.8 Å². The van der Waals surface area contributed by atoms with Crippen LogP contribution < -0.4 is 5.32 Å². The average molecular weight is 465 g/mol. The SMILES string of the molecule is C=CCn1c(SCC(=O)Nc2sc3c(c2C#N)CCC(CC)C3)nnc1-c1ccncc1. The molecule has 1 unspecified atom stereocenters. The van der Waals surface area contributed by atoms with Gasteiger partial charge in [-0.05, 0) is 42.9 Å². The molecule has 0 spiro atoms. The molecular weight excluding hydrogens is 440 g/mol. The highest BCUT2D eigenvalue weighted by molar-refractivity contribution is 7.99. The quantitative estimate of drug-likeness (QED) is 0.383. The number of carbonyl (C=O) groups is 1. The molecule has 1 aliphatic carbocycles. The highest BCUT2D eigenvalue weighted by Gasteiger charge is 2.26. The summed E-state index contributed by atoms with van der Waals surface area (Å²) < 4.78 is 1.93. The largest absolute Gasteiger partial charge is 0.316 e. The fourth-order valence-corrected chi connectivity index (χ4v) is 5.98. The number of nitrogens with zero attached hydrogens (tertiary/aromatic N) is 5. The zero-order valence-electron chi connectivity index (χ0n) is 17.9. The zero-order chi connectivity index (χ0) is 22.5. The Morgan fingerprint density at radius 3 is 2.97 bits per heavy atom. The standard InChI is InChI=1S/C23H24N6OS2/c1-3-11-29-21(16-7-9-25-10-8-16)27-28-23(29)31-14-20(30)26-22-18(13-24)17-6-5-15(4-2)12-19(17)32-22/h3,7-10,15H,1,4-6,11-12,14H2,2H3,(H,26,30). The number of nitrogens with one attached hydrogen (secondary N) is 1. The van der Waals surface area contributed by atoms with Gasteiger partial charge in [-0.2, -0.15) is 5.26 Å². The van der Waals surface area contributed by atoms with Crippen molar-refractivity contribution in [2.24, 2.45) is 5.92 Å². The van der Waals surface area contributed by atoms with E-state index in [4.69, 9.17) is 0 Å². The van der Waals surface area contributed by atoms with Gasteiger partial charge in [-0.1, -0.05) is 31.2 Å². The first-order valence-electron chi connectivity index (χ1n) is 10.6. The number of aromatic nitrogens is 4. The molecule has 3 aromatic rings. The van der Waals surface area contributed by atoms with Crippen molar-refractivity contribution >= 4 is 34.0 Å². The summed E-state index contributed by atoms with van der Waals surface area (Å²) in [6.07, 6.45) is 9.36. The summed E-state index contributed by atoms with van der Waals surface area (Å²) in [6.45, 7) is 6.56. The Hall–Kier alpha value is -2.96. The Balaban J connectivity index is 1.46. The summed E-state index contributed by atoms with van der Waals surface area (Å²) in [5.41, 5.74) is 2.66. The molecule has 1 aliphatic rings. The van der Waals surface area contributed by atoms with Crippen LogP contribution in [-0.2, 0) is 24.2 Å². The molecule has 1 atom stereocenters. The number of rotatable bonds is 8. The summed E-state index contributed by atoms with van der Waals surface area (Å²) in [4.78, 5) is 18.0. The van der Waals surface area contributed by atoms with Gasteiger partial charge in [0.05, 0.1) is 11.3 Å². The number of hydrogen-bond donors (Lipinski definition) is 1. The van der Waals surface area contributed by atoms with Crippen LogP contribution in [0.5, 0.6) is 0 Å². The normalized spacial score (nSPS) is 15.1. The summed E-state index contributed by atoms with van der Waals surface area (Å²) in [7, 11) is 0. The molecule has 0 radical (unpaired) electrons. The first-order chi connectivity index (χ1) is 15.6. The van der Waals surface area contributed by atoms with Gasteiger partial charge in [0.2, 0.25) is 5.91 Å². The topological polar surface area (TPSA) is 96.5 Å². The van der Waals surface area contributed by atoms with E-state index in [2.05, 4.69) is 40.1 Å². The van der Waals surface area contributed by atoms with Gasteiger partial charge in [0.25, 0.3) is 0 Å². The van der Waals surface area contributed by atoms with Crippen molar-refractivity contribution in [1.82, 2.24) is 19.7 Å². The minimum absolute atomic E-state index is 0.157. The van der Waals surface area contributed by atoms with Crippen LogP contribution in [0, 0.1) is 17.2 Å². The van der Waals surface area contributed by atoms with Crippen molar-refractivity contribution in [2.75, 3.05) is 11.1 Å². The molecule has 32 heavy (non-hydrogen) atoms. The summed E-state index contributed by atoms with van der Waals surface area (Å²) >= 11 is 2.87. The van der Waals surface area contributed by atoms with Crippen LogP contribution in [-0.4, -0.2) is 31.4 Å². The average Bonchev–Trinajstić information content (AvgIpc) is 3.38. The number of allylic oxidation sites excluding steroid dienone is 1. The number of nitriles is 1. The summed E-state index contributed by atoms with van der Waals surface area (Å²) in [5, 5.41) is 22.5. The number of anilines is 1. The summed E-state index contributed by atoms with van der Waals surface area (Å²) in [6, 6.07) is 6.05. The maximum atomic E-state index is 12.7. The molecule has 7 nitrogen and oxygen atoms in total. The van der Waals surface area contributed by atoms with E-state index < -0.39 is 0 Å². The van der Waals surface area contributed by atoms with Gasteiger partial charge in [-0.25, -0.2) is 0 Å². The van der Waals surface area contributed by atoms with Gasteiger partial charge < -0.3 is 5.32 Å². The van der Waals surface area contributed by atoms with Gasteiger partial charge in [-0.3, -0.25) is 14.3 Å². The molecule has 0 aliphatic heterocycles. The first kappa shape index (κ1) is 22.2. The smallest absolute Gasteiger partial charge is 0.235 e. The molecular formula is C23H24N6OS2. The molecule has 9 heteroatoms. The molecule has 3 heterocycles. The van der Waals surface area contributed by atoms with E-state index in [1.165, 1.54) is 16.6 Å². The van der Waals surface area contributed by atoms with Gasteiger partial charge in [0, 0.05) is 29.4 Å². The zero-order valence-corrected chi connectivity index (χ0v) is 19.5. The second-order valence-corrected chi connectivity index (χ2v) is 9.66. The van der Waals surface area contributed by atoms with Crippen LogP contribution in [0.3, 0.4) is 0 Å². The van der Waals surface area contributed by atoms with E-state index in [-0.39, 0.29) is 11.7 Å². The third-order valence-corrected chi connectivity index (χ3v) is 7.75. The van der Waals surface area contributed by atoms with Crippen molar-refractivity contribution in [3.63, 3.8) is 0 Å². The fraction of sp³-hybridized carbons (Fsp3) is 0.348. The monoisotopic (exact) mass is 464 g/mol. The minimum Gasteiger partial charge on any atom is -0.316 e. The predicted octanol–water partition coefficient (Wildman–Crippen LogP) is 4.70. The molecule has 1 N–H and O–H groups in total. The number of amides is 1. The van der Waals surface area contributed by atoms with Crippen molar-refractivity contribution in [2.45, 2.75) is 44.3 Å². The van der Waals surface area contributed by atoms with Crippen LogP contribution in [0.15, 0.2) is 42.3 Å². The number of hydrogen-bond acceptors (Lipinski definition) is 7. The second-order valence-electron chi connectivity index (χ2n) is 7.61. The van der Waals surface area contributed by atoms with E-state index in [9.17, 15) is 10.1 Å². The van der Waals surface area contributed by atoms with Crippen molar-refractivity contribution in [1.29, 1.82) is 5.26 Å². The van der Waals surface area contributed by atoms with Crippen LogP contribution in [0.25, 0.3) is 11.4 Å². The van der Waals surface area contributed by atoms with Gasteiger partial charge >= 0.3 is 0 Å². The molecule has 0 saturated carbocycles. The Kier molecular flexibility index (Phi) is 7.02. The molecule has 0 aromatic carbocycles. The molecule has 1 amide bonds. The van der Waals surface area contributed by atoms with E-state index in [1.54, 1.807) is 29.8 Å². The van der Waals surface area contributed by atoms with Crippen LogP contribution in [0.2, 0.25) is 0 Å². The number of pyridine rings is 1. The van der Waals surface area contributed by atoms with E-state index in [1.807, 2.05) is 16.7 Å². The number of carbonyl (C=O) groups excluding carboxylic acids is 1. The lowest BCUT2D eigenvalue weighted by Gasteiger charge is -2.20. The maximum Gasteiger partial charge on any atom is 0.235 e. The van der Waals surface area contributed by atoms with E-state index >= 15 is 0 Å². The molecule has 164 valence electrons. The fourth-order valence-electron chi connectivity index (χ4n) is 3.91. The Morgan fingerprint density at radius 2 is 2.25 bits per heavy atom. The lowest BCUT2D eigenvalue weighted by Crippen LogP contribution is -2.15. The van der Waals surface area contributed by atoms with Crippen LogP contribution >= 0.6 is 23.1 Å². The molecule has 3 aromatic heterocycles. The molecule has 4 rings (SSSR count). The Morgan fingerprint density at radius 1 is 1.44 bits per heavy atom. The van der Waals surface area contributed by atoms with Crippen molar-refractivity contribution in [3.8, 4) is 17.5 Å². The van der Waals surface area contributed by atoms with Crippen molar-refractivity contribution in [3.05, 3.63) is 53.2 Å². The van der Waals surface area contributed by atoms with Crippen LogP contribution in [0.4, 0.5) is 5.00 Å². The number of thioether (sulfide) groups is 1. The van der Waals surface area contributed by atoms with E-state index in [0.29, 0.717) is 34.0 Å². The first-order valence-corrected chi connectivity index (χ1v) is 12.4. The maximum absolute atomic E-state index is 12.7. The lowest BCUT2D eigenvalue weighted by atomic mass is 9.86. The minimum atomic E-state index is -0.157. The third kappa shape index (κ3) is 4.61. The lowest BCUT2D eigenvalue weighted by molar-refractivity contribution is -0.113. The van der Waals surface area contributed by atoms with Crippen molar-refractivity contribution < 1.29 is 4.79 Å². The Labute approximate surface area is 195 Å². The highest BCUT2D eigenvalue weighted by atomic mass is 32.2. The van der Waals surface area contributed by atoms with Crippen LogP contribution in [0.1, 0.15) is 35.8 Å². The number of fused-ring (bicyclic) bond motifs is 1. The molecule has 0 bridgehead atoms. The van der Waals surface area contributed by atoms with Gasteiger partial charge in [0.15, 0.2) is 11.0 Å². The van der Waals surface area contributed by atoms with Gasteiger partial charge in [0.1, 0.15) is 11.1 Å². The third-order valence-electron chi connectivity index (χ3n) is 5.61. The molecule has 0 fully saturated rings.